The molecular weight excluding hydrogens is 266 g/mol. The maximum absolute atomic E-state index is 11.4. The van der Waals surface area contributed by atoms with Crippen LogP contribution in [0.3, 0.4) is 0 Å². The second-order valence-electron chi connectivity index (χ2n) is 6.24. The number of aromatic nitrogens is 2. The minimum atomic E-state index is -1.04. The third kappa shape index (κ3) is 2.13. The molecule has 1 aromatic carbocycles. The maximum atomic E-state index is 11.4. The van der Waals surface area contributed by atoms with E-state index in [0.29, 0.717) is 11.1 Å². The lowest BCUT2D eigenvalue weighted by Gasteiger charge is -2.18. The number of carboxylic acids is 1. The van der Waals surface area contributed by atoms with E-state index in [-0.39, 0.29) is 5.69 Å². The normalized spacial score (nSPS) is 19.4. The fourth-order valence-corrected chi connectivity index (χ4v) is 3.23. The predicted molar refractivity (Wildman–Crippen MR) is 79.4 cm³/mol. The summed E-state index contributed by atoms with van der Waals surface area (Å²) >= 11 is 0. The third-order valence-corrected chi connectivity index (χ3v) is 4.82. The zero-order valence-electron chi connectivity index (χ0n) is 11.7. The van der Waals surface area contributed by atoms with Gasteiger partial charge in [-0.05, 0) is 43.1 Å². The van der Waals surface area contributed by atoms with E-state index in [2.05, 4.69) is 15.5 Å². The number of nitrogens with zero attached hydrogens (tertiary/aromatic N) is 2. The highest BCUT2D eigenvalue weighted by Gasteiger charge is 2.53. The molecule has 2 fully saturated rings. The van der Waals surface area contributed by atoms with E-state index in [0.717, 1.165) is 23.4 Å². The molecule has 0 amide bonds. The molecule has 0 bridgehead atoms. The van der Waals surface area contributed by atoms with Crippen LogP contribution in [0.5, 0.6) is 0 Å². The number of carboxylic acid groups (broad SMARTS) is 1. The summed E-state index contributed by atoms with van der Waals surface area (Å²) in [6.07, 6.45) is 5.15. The van der Waals surface area contributed by atoms with Gasteiger partial charge < -0.3 is 10.4 Å². The first-order chi connectivity index (χ1) is 10.2. The van der Waals surface area contributed by atoms with Crippen molar-refractivity contribution in [2.24, 2.45) is 11.3 Å². The van der Waals surface area contributed by atoms with Gasteiger partial charge in [0.1, 0.15) is 0 Å². The van der Waals surface area contributed by atoms with Crippen LogP contribution >= 0.6 is 0 Å². The molecule has 108 valence electrons. The molecular formula is C16H17N3O2. The van der Waals surface area contributed by atoms with Gasteiger partial charge in [-0.3, -0.25) is 0 Å². The number of anilines is 1. The Morgan fingerprint density at radius 1 is 1.29 bits per heavy atom. The standard InChI is InChI=1S/C16H17N3O2/c20-15(21)14-13(11-3-1-2-4-12(11)18-19-14)17-9-16(7-8-16)10-5-6-10/h1-4,10H,5-9H2,(H,17,18)(H,20,21). The van der Waals surface area contributed by atoms with Gasteiger partial charge in [-0.15, -0.1) is 10.2 Å². The lowest BCUT2D eigenvalue weighted by molar-refractivity contribution is 0.0690. The fraction of sp³-hybridized carbons (Fsp3) is 0.438. The van der Waals surface area contributed by atoms with Crippen LogP contribution < -0.4 is 5.32 Å². The van der Waals surface area contributed by atoms with E-state index >= 15 is 0 Å². The van der Waals surface area contributed by atoms with Gasteiger partial charge in [-0.1, -0.05) is 18.2 Å². The largest absolute Gasteiger partial charge is 0.476 e. The van der Waals surface area contributed by atoms with Crippen molar-refractivity contribution in [1.82, 2.24) is 10.2 Å². The molecule has 0 saturated heterocycles. The van der Waals surface area contributed by atoms with Gasteiger partial charge in [0.2, 0.25) is 0 Å². The Kier molecular flexibility index (Phi) is 2.64. The Labute approximate surface area is 122 Å². The van der Waals surface area contributed by atoms with Crippen LogP contribution in [-0.4, -0.2) is 27.8 Å². The summed E-state index contributed by atoms with van der Waals surface area (Å²) in [6.45, 7) is 0.841. The molecule has 1 heterocycles. The van der Waals surface area contributed by atoms with E-state index in [9.17, 15) is 9.90 Å². The molecule has 21 heavy (non-hydrogen) atoms. The molecule has 2 aliphatic rings. The molecule has 5 heteroatoms. The summed E-state index contributed by atoms with van der Waals surface area (Å²) in [4.78, 5) is 11.4. The summed E-state index contributed by atoms with van der Waals surface area (Å²) in [5, 5.41) is 21.4. The van der Waals surface area contributed by atoms with E-state index in [1.807, 2.05) is 24.3 Å². The number of hydrogen-bond donors (Lipinski definition) is 2. The van der Waals surface area contributed by atoms with Gasteiger partial charge in [0, 0.05) is 11.9 Å². The van der Waals surface area contributed by atoms with Crippen LogP contribution in [0.2, 0.25) is 0 Å². The van der Waals surface area contributed by atoms with Crippen LogP contribution in [0.4, 0.5) is 5.69 Å². The first-order valence-corrected chi connectivity index (χ1v) is 7.42. The minimum absolute atomic E-state index is 0.0142. The average molecular weight is 283 g/mol. The van der Waals surface area contributed by atoms with Crippen LogP contribution in [0, 0.1) is 11.3 Å². The van der Waals surface area contributed by atoms with Crippen molar-refractivity contribution in [3.05, 3.63) is 30.0 Å². The zero-order valence-corrected chi connectivity index (χ0v) is 11.7. The molecule has 5 nitrogen and oxygen atoms in total. The highest BCUT2D eigenvalue weighted by atomic mass is 16.4. The van der Waals surface area contributed by atoms with Crippen LogP contribution in [0.1, 0.15) is 36.2 Å². The molecule has 2 aliphatic carbocycles. The summed E-state index contributed by atoms with van der Waals surface area (Å²) in [5.41, 5.74) is 1.75. The SMILES string of the molecule is O=C(O)c1nnc2ccccc2c1NCC1(C2CC2)CC1. The van der Waals surface area contributed by atoms with Gasteiger partial charge >= 0.3 is 5.97 Å². The molecule has 0 atom stereocenters. The molecule has 1 aromatic heterocycles. The first-order valence-electron chi connectivity index (χ1n) is 7.42. The highest BCUT2D eigenvalue weighted by Crippen LogP contribution is 2.61. The molecule has 0 unspecified atom stereocenters. The topological polar surface area (TPSA) is 75.1 Å². The first kappa shape index (κ1) is 12.6. The number of nitrogens with one attached hydrogen (secondary N) is 1. The van der Waals surface area contributed by atoms with Crippen molar-refractivity contribution < 1.29 is 9.90 Å². The Bertz CT molecular complexity index is 721. The van der Waals surface area contributed by atoms with Crippen LogP contribution in [0.25, 0.3) is 10.9 Å². The van der Waals surface area contributed by atoms with Crippen molar-refractivity contribution in [3.8, 4) is 0 Å². The summed E-state index contributed by atoms with van der Waals surface area (Å²) in [5.74, 6) is -0.202. The lowest BCUT2D eigenvalue weighted by atomic mass is 10.0. The van der Waals surface area contributed by atoms with E-state index in [1.165, 1.54) is 25.7 Å². The predicted octanol–water partition coefficient (Wildman–Crippen LogP) is 2.93. The Morgan fingerprint density at radius 2 is 2.05 bits per heavy atom. The van der Waals surface area contributed by atoms with Crippen molar-refractivity contribution >= 4 is 22.6 Å². The van der Waals surface area contributed by atoms with Gasteiger partial charge in [0.05, 0.1) is 11.2 Å². The van der Waals surface area contributed by atoms with Crippen molar-refractivity contribution in [2.45, 2.75) is 25.7 Å². The number of fused-ring (bicyclic) bond motifs is 1. The van der Waals surface area contributed by atoms with Crippen LogP contribution in [-0.2, 0) is 0 Å². The van der Waals surface area contributed by atoms with Gasteiger partial charge in [-0.25, -0.2) is 4.79 Å². The smallest absolute Gasteiger partial charge is 0.358 e. The third-order valence-electron chi connectivity index (χ3n) is 4.82. The number of hydrogen-bond acceptors (Lipinski definition) is 4. The number of aromatic carboxylic acids is 1. The summed E-state index contributed by atoms with van der Waals surface area (Å²) < 4.78 is 0. The molecule has 0 aliphatic heterocycles. The number of benzene rings is 1. The zero-order chi connectivity index (χ0) is 14.4. The fourth-order valence-electron chi connectivity index (χ4n) is 3.23. The van der Waals surface area contributed by atoms with Crippen molar-refractivity contribution in [3.63, 3.8) is 0 Å². The number of carbonyl (C=O) groups is 1. The van der Waals surface area contributed by atoms with Crippen molar-refractivity contribution in [2.75, 3.05) is 11.9 Å². The summed E-state index contributed by atoms with van der Waals surface area (Å²) in [6, 6.07) is 7.53. The van der Waals surface area contributed by atoms with Crippen molar-refractivity contribution in [1.29, 1.82) is 0 Å². The molecule has 0 spiro atoms. The lowest BCUT2D eigenvalue weighted by Crippen LogP contribution is -2.20. The van der Waals surface area contributed by atoms with Gasteiger partial charge in [-0.2, -0.15) is 0 Å². The monoisotopic (exact) mass is 283 g/mol. The Balaban J connectivity index is 1.71. The number of rotatable bonds is 5. The van der Waals surface area contributed by atoms with Gasteiger partial charge in [0.25, 0.3) is 0 Å². The maximum Gasteiger partial charge on any atom is 0.358 e. The molecule has 2 aromatic rings. The average Bonchev–Trinajstić information content (AvgIpc) is 3.37. The minimum Gasteiger partial charge on any atom is -0.476 e. The second kappa shape index (κ2) is 4.41. The van der Waals surface area contributed by atoms with E-state index in [4.69, 9.17) is 0 Å². The quantitative estimate of drug-likeness (QED) is 0.882. The summed E-state index contributed by atoms with van der Waals surface area (Å²) in [7, 11) is 0. The molecule has 0 radical (unpaired) electrons. The molecule has 2 N–H and O–H groups in total. The van der Waals surface area contributed by atoms with Gasteiger partial charge in [0.15, 0.2) is 5.69 Å². The van der Waals surface area contributed by atoms with Crippen LogP contribution in [0.15, 0.2) is 24.3 Å². The molecule has 4 rings (SSSR count). The Morgan fingerprint density at radius 3 is 2.71 bits per heavy atom. The molecule has 2 saturated carbocycles. The highest BCUT2D eigenvalue weighted by molar-refractivity contribution is 6.02. The van der Waals surface area contributed by atoms with E-state index < -0.39 is 5.97 Å². The second-order valence-corrected chi connectivity index (χ2v) is 6.24. The van der Waals surface area contributed by atoms with E-state index in [1.54, 1.807) is 0 Å². The Hall–Kier alpha value is -2.17.